The molecule has 0 amide bonds. The molecule has 0 bridgehead atoms. The lowest BCUT2D eigenvalue weighted by molar-refractivity contribution is 0.723. The molecule has 0 N–H and O–H groups in total. The van der Waals surface area contributed by atoms with Crippen molar-refractivity contribution in [3.63, 3.8) is 0 Å². The van der Waals surface area contributed by atoms with E-state index in [4.69, 9.17) is 9.97 Å². The topological polar surface area (TPSA) is 34.0 Å². The molecule has 4 heteroatoms. The van der Waals surface area contributed by atoms with Crippen LogP contribution in [0.25, 0.3) is 27.8 Å². The van der Waals surface area contributed by atoms with E-state index in [1.807, 2.05) is 0 Å². The minimum Gasteiger partial charge on any atom is -0.351 e. The fraction of sp³-hybridized carbons (Fsp3) is 0.143. The number of aryl methyl sites for hydroxylation is 1. The third-order valence-electron chi connectivity index (χ3n) is 6.39. The molecule has 0 radical (unpaired) electrons. The van der Waals surface area contributed by atoms with Gasteiger partial charge in [-0.05, 0) is 42.2 Å². The summed E-state index contributed by atoms with van der Waals surface area (Å²) in [5.74, 6) is 1.01. The first kappa shape index (κ1) is 18.8. The number of aromatic nitrogens is 3. The first-order chi connectivity index (χ1) is 15.8. The van der Waals surface area contributed by atoms with Crippen LogP contribution in [0.1, 0.15) is 16.7 Å². The first-order valence-corrected chi connectivity index (χ1v) is 11.1. The standard InChI is InChI=1S/C28H24N4/c1-20-11-13-24(14-12-20)32-18-25(22-8-3-2-4-9-22)26-27(29-19-30-28(26)32)31-16-15-21-7-5-6-10-23(21)17-31/h2-14,18-19H,15-17H2,1H3. The minimum absolute atomic E-state index is 0.867. The lowest BCUT2D eigenvalue weighted by Crippen LogP contribution is -2.31. The van der Waals surface area contributed by atoms with Crippen LogP contribution in [0.3, 0.4) is 0 Å². The Bertz CT molecular complexity index is 1400. The van der Waals surface area contributed by atoms with E-state index in [0.29, 0.717) is 0 Å². The van der Waals surface area contributed by atoms with Crippen LogP contribution in [0, 0.1) is 6.92 Å². The molecule has 3 aromatic carbocycles. The molecule has 0 atom stereocenters. The molecule has 5 aromatic rings. The Morgan fingerprint density at radius 1 is 0.781 bits per heavy atom. The molecule has 0 saturated heterocycles. The predicted molar refractivity (Wildman–Crippen MR) is 130 cm³/mol. The van der Waals surface area contributed by atoms with Crippen LogP contribution in [0.2, 0.25) is 0 Å². The van der Waals surface area contributed by atoms with E-state index in [1.165, 1.54) is 22.3 Å². The summed E-state index contributed by atoms with van der Waals surface area (Å²) in [6.45, 7) is 3.93. The van der Waals surface area contributed by atoms with Crippen LogP contribution < -0.4 is 4.90 Å². The van der Waals surface area contributed by atoms with Gasteiger partial charge in [0.2, 0.25) is 0 Å². The zero-order chi connectivity index (χ0) is 21.5. The zero-order valence-corrected chi connectivity index (χ0v) is 18.1. The molecule has 3 heterocycles. The van der Waals surface area contributed by atoms with Crippen molar-refractivity contribution in [3.8, 4) is 16.8 Å². The Labute approximate surface area is 187 Å². The maximum Gasteiger partial charge on any atom is 0.150 e. The van der Waals surface area contributed by atoms with Crippen molar-refractivity contribution in [2.75, 3.05) is 11.4 Å². The lowest BCUT2D eigenvalue weighted by atomic mass is 9.99. The van der Waals surface area contributed by atoms with E-state index in [0.717, 1.165) is 47.6 Å². The van der Waals surface area contributed by atoms with Crippen molar-refractivity contribution in [1.82, 2.24) is 14.5 Å². The largest absolute Gasteiger partial charge is 0.351 e. The van der Waals surface area contributed by atoms with Gasteiger partial charge in [-0.15, -0.1) is 0 Å². The second kappa shape index (κ2) is 7.65. The number of hydrogen-bond donors (Lipinski definition) is 0. The first-order valence-electron chi connectivity index (χ1n) is 11.1. The Hall–Kier alpha value is -3.92. The molecule has 32 heavy (non-hydrogen) atoms. The van der Waals surface area contributed by atoms with Gasteiger partial charge in [0, 0.05) is 30.5 Å². The SMILES string of the molecule is Cc1ccc(-n2cc(-c3ccccc3)c3c(N4CCc5ccccc5C4)ncnc32)cc1. The zero-order valence-electron chi connectivity index (χ0n) is 18.1. The van der Waals surface area contributed by atoms with Crippen LogP contribution in [-0.4, -0.2) is 21.1 Å². The van der Waals surface area contributed by atoms with Crippen molar-refractivity contribution >= 4 is 16.9 Å². The Balaban J connectivity index is 1.56. The Morgan fingerprint density at radius 2 is 1.53 bits per heavy atom. The highest BCUT2D eigenvalue weighted by Gasteiger charge is 2.23. The second-order valence-electron chi connectivity index (χ2n) is 8.45. The lowest BCUT2D eigenvalue weighted by Gasteiger charge is -2.30. The quantitative estimate of drug-likeness (QED) is 0.364. The van der Waals surface area contributed by atoms with Gasteiger partial charge in [-0.25, -0.2) is 9.97 Å². The highest BCUT2D eigenvalue weighted by atomic mass is 15.2. The van der Waals surface area contributed by atoms with E-state index >= 15 is 0 Å². The third kappa shape index (κ3) is 3.16. The van der Waals surface area contributed by atoms with Crippen molar-refractivity contribution in [2.24, 2.45) is 0 Å². The van der Waals surface area contributed by atoms with E-state index in [1.54, 1.807) is 6.33 Å². The monoisotopic (exact) mass is 416 g/mol. The molecule has 4 nitrogen and oxygen atoms in total. The number of benzene rings is 3. The summed E-state index contributed by atoms with van der Waals surface area (Å²) in [5, 5.41) is 1.11. The highest BCUT2D eigenvalue weighted by Crippen LogP contribution is 2.38. The average molecular weight is 417 g/mol. The number of hydrogen-bond acceptors (Lipinski definition) is 3. The van der Waals surface area contributed by atoms with Gasteiger partial charge in [0.25, 0.3) is 0 Å². The highest BCUT2D eigenvalue weighted by molar-refractivity contribution is 6.02. The summed E-state index contributed by atoms with van der Waals surface area (Å²) in [6, 6.07) is 27.9. The molecule has 6 rings (SSSR count). The molecular formula is C28H24N4. The molecule has 1 aliphatic heterocycles. The summed E-state index contributed by atoms with van der Waals surface area (Å²) in [7, 11) is 0. The summed E-state index contributed by atoms with van der Waals surface area (Å²) in [6.07, 6.45) is 4.94. The summed E-state index contributed by atoms with van der Waals surface area (Å²) < 4.78 is 2.19. The van der Waals surface area contributed by atoms with Crippen molar-refractivity contribution in [1.29, 1.82) is 0 Å². The molecule has 1 aliphatic rings. The van der Waals surface area contributed by atoms with Gasteiger partial charge in [-0.1, -0.05) is 72.3 Å². The third-order valence-corrected chi connectivity index (χ3v) is 6.39. The van der Waals surface area contributed by atoms with Gasteiger partial charge in [-0.2, -0.15) is 0 Å². The summed E-state index contributed by atoms with van der Waals surface area (Å²) in [4.78, 5) is 12.0. The van der Waals surface area contributed by atoms with Gasteiger partial charge in [0.05, 0.1) is 5.39 Å². The van der Waals surface area contributed by atoms with Gasteiger partial charge in [-0.3, -0.25) is 0 Å². The number of nitrogens with zero attached hydrogens (tertiary/aromatic N) is 4. The van der Waals surface area contributed by atoms with Crippen molar-refractivity contribution in [2.45, 2.75) is 19.9 Å². The molecule has 0 saturated carbocycles. The molecule has 0 unspecified atom stereocenters. The van der Waals surface area contributed by atoms with Crippen LogP contribution in [-0.2, 0) is 13.0 Å². The Kier molecular flexibility index (Phi) is 4.50. The maximum absolute atomic E-state index is 4.81. The number of anilines is 1. The predicted octanol–water partition coefficient (Wildman–Crippen LogP) is 5.96. The van der Waals surface area contributed by atoms with Crippen LogP contribution in [0.15, 0.2) is 91.4 Å². The van der Waals surface area contributed by atoms with Gasteiger partial charge in [0.15, 0.2) is 5.65 Å². The average Bonchev–Trinajstić information content (AvgIpc) is 3.25. The van der Waals surface area contributed by atoms with Crippen molar-refractivity contribution < 1.29 is 0 Å². The fourth-order valence-corrected chi connectivity index (χ4v) is 4.70. The van der Waals surface area contributed by atoms with E-state index in [-0.39, 0.29) is 0 Å². The van der Waals surface area contributed by atoms with Gasteiger partial charge in [0.1, 0.15) is 12.1 Å². The van der Waals surface area contributed by atoms with E-state index in [9.17, 15) is 0 Å². The maximum atomic E-state index is 4.81. The molecular weight excluding hydrogens is 392 g/mol. The summed E-state index contributed by atoms with van der Waals surface area (Å²) >= 11 is 0. The Morgan fingerprint density at radius 3 is 2.34 bits per heavy atom. The molecule has 2 aromatic heterocycles. The molecule has 0 aliphatic carbocycles. The number of fused-ring (bicyclic) bond motifs is 2. The molecule has 0 fully saturated rings. The van der Waals surface area contributed by atoms with Crippen LogP contribution in [0.5, 0.6) is 0 Å². The van der Waals surface area contributed by atoms with Crippen LogP contribution in [0.4, 0.5) is 5.82 Å². The minimum atomic E-state index is 0.867. The molecule has 156 valence electrons. The van der Waals surface area contributed by atoms with E-state index < -0.39 is 0 Å². The molecule has 0 spiro atoms. The number of rotatable bonds is 3. The smallest absolute Gasteiger partial charge is 0.150 e. The van der Waals surface area contributed by atoms with Crippen LogP contribution >= 0.6 is 0 Å². The normalized spacial score (nSPS) is 13.3. The fourth-order valence-electron chi connectivity index (χ4n) is 4.70. The van der Waals surface area contributed by atoms with Gasteiger partial charge < -0.3 is 9.47 Å². The van der Waals surface area contributed by atoms with Gasteiger partial charge >= 0.3 is 0 Å². The van der Waals surface area contributed by atoms with E-state index in [2.05, 4.69) is 101 Å². The van der Waals surface area contributed by atoms with Crippen molar-refractivity contribution in [3.05, 3.63) is 108 Å². The summed E-state index contributed by atoms with van der Waals surface area (Å²) in [5.41, 5.74) is 8.45. The second-order valence-corrected chi connectivity index (χ2v) is 8.45.